The largest absolute Gasteiger partial charge is 0.496 e. The van der Waals surface area contributed by atoms with E-state index in [2.05, 4.69) is 32.9 Å². The summed E-state index contributed by atoms with van der Waals surface area (Å²) in [6.45, 7) is 3.79. The summed E-state index contributed by atoms with van der Waals surface area (Å²) in [5.41, 5.74) is 0. The maximum Gasteiger partial charge on any atom is 0.244 e. The van der Waals surface area contributed by atoms with Crippen LogP contribution in [0.25, 0.3) is 0 Å². The Bertz CT molecular complexity index is 569. The molecule has 9 heteroatoms. The lowest BCUT2D eigenvalue weighted by molar-refractivity contribution is 0.390. The van der Waals surface area contributed by atoms with Gasteiger partial charge in [-0.1, -0.05) is 6.92 Å². The summed E-state index contributed by atoms with van der Waals surface area (Å²) in [5, 5.41) is 3.13. The van der Waals surface area contributed by atoms with E-state index in [9.17, 15) is 8.42 Å². The van der Waals surface area contributed by atoms with Crippen molar-refractivity contribution in [3.05, 3.63) is 16.6 Å². The first-order chi connectivity index (χ1) is 9.96. The first kappa shape index (κ1) is 21.5. The van der Waals surface area contributed by atoms with E-state index >= 15 is 0 Å². The highest BCUT2D eigenvalue weighted by atomic mass is 79.9. The summed E-state index contributed by atoms with van der Waals surface area (Å²) in [7, 11) is -0.751. The Labute approximate surface area is 146 Å². The number of ether oxygens (including phenoxy) is 2. The maximum atomic E-state index is 12.3. The molecule has 0 atom stereocenters. The molecule has 2 N–H and O–H groups in total. The van der Waals surface area contributed by atoms with E-state index in [0.29, 0.717) is 23.3 Å². The van der Waals surface area contributed by atoms with Crippen molar-refractivity contribution in [2.45, 2.75) is 18.2 Å². The van der Waals surface area contributed by atoms with Crippen molar-refractivity contribution < 1.29 is 17.9 Å². The molecule has 1 aromatic rings. The molecule has 0 heterocycles. The van der Waals surface area contributed by atoms with Gasteiger partial charge in [-0.3, -0.25) is 0 Å². The third kappa shape index (κ3) is 5.92. The van der Waals surface area contributed by atoms with Crippen LogP contribution in [0.1, 0.15) is 13.3 Å². The van der Waals surface area contributed by atoms with Crippen molar-refractivity contribution in [1.82, 2.24) is 10.0 Å². The third-order valence-electron chi connectivity index (χ3n) is 2.75. The van der Waals surface area contributed by atoms with Gasteiger partial charge < -0.3 is 14.8 Å². The minimum Gasteiger partial charge on any atom is -0.496 e. The van der Waals surface area contributed by atoms with Crippen LogP contribution in [-0.2, 0) is 10.0 Å². The molecule has 0 radical (unpaired) electrons. The van der Waals surface area contributed by atoms with Gasteiger partial charge >= 0.3 is 0 Å². The lowest BCUT2D eigenvalue weighted by Crippen LogP contribution is -2.32. The van der Waals surface area contributed by atoms with Gasteiger partial charge in [0.1, 0.15) is 16.4 Å². The summed E-state index contributed by atoms with van der Waals surface area (Å²) in [4.78, 5) is 0.0561. The highest BCUT2D eigenvalue weighted by Crippen LogP contribution is 2.35. The molecule has 22 heavy (non-hydrogen) atoms. The molecular formula is C13H22BrClN2O4S. The minimum atomic E-state index is -3.66. The average molecular weight is 418 g/mol. The summed E-state index contributed by atoms with van der Waals surface area (Å²) < 4.78 is 38.1. The second-order valence-electron chi connectivity index (χ2n) is 4.29. The van der Waals surface area contributed by atoms with Crippen LogP contribution in [0, 0.1) is 0 Å². The molecular weight excluding hydrogens is 396 g/mol. The van der Waals surface area contributed by atoms with Crippen LogP contribution >= 0.6 is 28.3 Å². The van der Waals surface area contributed by atoms with E-state index in [4.69, 9.17) is 9.47 Å². The Morgan fingerprint density at radius 1 is 1.09 bits per heavy atom. The lowest BCUT2D eigenvalue weighted by atomic mass is 10.3. The second-order valence-corrected chi connectivity index (χ2v) is 6.88. The van der Waals surface area contributed by atoms with Gasteiger partial charge in [0.25, 0.3) is 0 Å². The lowest BCUT2D eigenvalue weighted by Gasteiger charge is -2.13. The molecule has 0 saturated heterocycles. The topological polar surface area (TPSA) is 76.7 Å². The number of hydrogen-bond donors (Lipinski definition) is 2. The predicted molar refractivity (Wildman–Crippen MR) is 92.8 cm³/mol. The number of hydrogen-bond acceptors (Lipinski definition) is 5. The molecule has 6 nitrogen and oxygen atoms in total. The van der Waals surface area contributed by atoms with Crippen LogP contribution in [0.15, 0.2) is 21.5 Å². The fourth-order valence-electron chi connectivity index (χ4n) is 1.70. The van der Waals surface area contributed by atoms with Crippen molar-refractivity contribution in [3.63, 3.8) is 0 Å². The summed E-state index contributed by atoms with van der Waals surface area (Å²) in [6.07, 6.45) is 1.00. The number of methoxy groups -OCH3 is 2. The highest BCUT2D eigenvalue weighted by molar-refractivity contribution is 9.10. The van der Waals surface area contributed by atoms with Gasteiger partial charge in [-0.2, -0.15) is 0 Å². The van der Waals surface area contributed by atoms with Crippen molar-refractivity contribution in [3.8, 4) is 11.5 Å². The Morgan fingerprint density at radius 2 is 1.73 bits per heavy atom. The number of nitrogens with one attached hydrogen (secondary N) is 2. The van der Waals surface area contributed by atoms with Crippen LogP contribution in [0.3, 0.4) is 0 Å². The van der Waals surface area contributed by atoms with Crippen molar-refractivity contribution in [1.29, 1.82) is 0 Å². The van der Waals surface area contributed by atoms with Gasteiger partial charge in [0.2, 0.25) is 10.0 Å². The van der Waals surface area contributed by atoms with Gasteiger partial charge in [-0.15, -0.1) is 12.4 Å². The molecule has 0 bridgehead atoms. The van der Waals surface area contributed by atoms with Crippen LogP contribution in [0.2, 0.25) is 0 Å². The molecule has 1 aromatic carbocycles. The first-order valence-electron chi connectivity index (χ1n) is 6.58. The van der Waals surface area contributed by atoms with Crippen LogP contribution in [0.5, 0.6) is 11.5 Å². The molecule has 0 fully saturated rings. The first-order valence-corrected chi connectivity index (χ1v) is 8.85. The summed E-state index contributed by atoms with van der Waals surface area (Å²) >= 11 is 3.30. The van der Waals surface area contributed by atoms with Crippen LogP contribution < -0.4 is 19.5 Å². The predicted octanol–water partition coefficient (Wildman–Crippen LogP) is 2.17. The highest BCUT2D eigenvalue weighted by Gasteiger charge is 2.21. The van der Waals surface area contributed by atoms with Gasteiger partial charge in [0, 0.05) is 19.2 Å². The normalized spacial score (nSPS) is 10.9. The van der Waals surface area contributed by atoms with E-state index < -0.39 is 10.0 Å². The molecule has 0 aliphatic carbocycles. The second kappa shape index (κ2) is 10.3. The van der Waals surface area contributed by atoms with Gasteiger partial charge in [-0.25, -0.2) is 13.1 Å². The van der Waals surface area contributed by atoms with E-state index in [-0.39, 0.29) is 23.1 Å². The van der Waals surface area contributed by atoms with Crippen molar-refractivity contribution in [2.75, 3.05) is 33.9 Å². The summed E-state index contributed by atoms with van der Waals surface area (Å²) in [5.74, 6) is 0.692. The zero-order valence-electron chi connectivity index (χ0n) is 12.8. The van der Waals surface area contributed by atoms with E-state index in [1.807, 2.05) is 0 Å². The van der Waals surface area contributed by atoms with E-state index in [1.165, 1.54) is 20.3 Å². The van der Waals surface area contributed by atoms with E-state index in [1.54, 1.807) is 6.07 Å². The molecule has 0 aromatic heterocycles. The fourth-order valence-corrected chi connectivity index (χ4v) is 3.38. The summed E-state index contributed by atoms with van der Waals surface area (Å²) in [6, 6.07) is 3.01. The van der Waals surface area contributed by atoms with Gasteiger partial charge in [0.15, 0.2) is 0 Å². The monoisotopic (exact) mass is 416 g/mol. The van der Waals surface area contributed by atoms with Crippen LogP contribution in [-0.4, -0.2) is 42.3 Å². The van der Waals surface area contributed by atoms with Gasteiger partial charge in [-0.05, 0) is 35.0 Å². The fraction of sp³-hybridized carbons (Fsp3) is 0.538. The average Bonchev–Trinajstić information content (AvgIpc) is 2.46. The molecule has 0 aliphatic rings. The minimum absolute atomic E-state index is 0. The molecule has 0 unspecified atom stereocenters. The number of sulfonamides is 1. The molecule has 0 spiro atoms. The zero-order valence-corrected chi connectivity index (χ0v) is 16.0. The van der Waals surface area contributed by atoms with Crippen molar-refractivity contribution in [2.24, 2.45) is 0 Å². The molecule has 1 rings (SSSR count). The Balaban J connectivity index is 0.00000441. The molecule has 0 amide bonds. The Morgan fingerprint density at radius 3 is 2.27 bits per heavy atom. The number of rotatable bonds is 9. The van der Waals surface area contributed by atoms with Crippen LogP contribution in [0.4, 0.5) is 0 Å². The SMILES string of the molecule is CCCNCCNS(=O)(=O)c1cc(OC)c(Br)cc1OC.Cl. The van der Waals surface area contributed by atoms with E-state index in [0.717, 1.165) is 13.0 Å². The zero-order chi connectivity index (χ0) is 15.9. The smallest absolute Gasteiger partial charge is 0.244 e. The van der Waals surface area contributed by atoms with Gasteiger partial charge in [0.05, 0.1) is 18.7 Å². The molecule has 0 aliphatic heterocycles. The number of halogens is 2. The number of benzene rings is 1. The Hall–Kier alpha value is -0.540. The molecule has 128 valence electrons. The third-order valence-corrected chi connectivity index (χ3v) is 4.85. The maximum absolute atomic E-state index is 12.3. The quantitative estimate of drug-likeness (QED) is 0.602. The standard InChI is InChI=1S/C13H21BrN2O4S.ClH/c1-4-5-15-6-7-16-21(17,18)13-9-11(19-2)10(14)8-12(13)20-3;/h8-9,15-16H,4-7H2,1-3H3;1H. The molecule has 0 saturated carbocycles. The Kier molecular flexibility index (Phi) is 10.0. The van der Waals surface area contributed by atoms with Crippen molar-refractivity contribution >= 4 is 38.4 Å².